The van der Waals surface area contributed by atoms with Crippen LogP contribution in [0.15, 0.2) is 0 Å². The summed E-state index contributed by atoms with van der Waals surface area (Å²) in [5.74, 6) is -0.837. The van der Waals surface area contributed by atoms with Crippen LogP contribution >= 0.6 is 0 Å². The molecule has 0 heterocycles. The number of ether oxygens (including phenoxy) is 3. The summed E-state index contributed by atoms with van der Waals surface area (Å²) in [6, 6.07) is 0. The molecule has 0 aromatic rings. The zero-order chi connectivity index (χ0) is 54.3. The Morgan fingerprint density at radius 3 is 0.533 bits per heavy atom. The van der Waals surface area contributed by atoms with Gasteiger partial charge in [0.1, 0.15) is 13.2 Å². The molecule has 0 bridgehead atoms. The Balaban J connectivity index is 3.91. The van der Waals surface area contributed by atoms with Gasteiger partial charge in [-0.3, -0.25) is 14.4 Å². The SMILES string of the molecule is CCCCCCCCCCCCCCCCCCCCCCCCCCCCCCCCCCCC(=O)OCC(COC(=O)CCCCCCCCC)OC(=O)CCCCCCCCCCCCCCCCCCC. The van der Waals surface area contributed by atoms with Crippen LogP contribution in [0.25, 0.3) is 0 Å². The Hall–Kier alpha value is -1.59. The van der Waals surface area contributed by atoms with Crippen LogP contribution in [0.4, 0.5) is 0 Å². The minimum Gasteiger partial charge on any atom is -0.462 e. The highest BCUT2D eigenvalue weighted by Crippen LogP contribution is 2.19. The molecule has 1 atom stereocenters. The average Bonchev–Trinajstić information content (AvgIpc) is 3.41. The normalized spacial score (nSPS) is 11.9. The molecule has 0 aliphatic heterocycles. The van der Waals surface area contributed by atoms with Crippen molar-refractivity contribution in [2.75, 3.05) is 13.2 Å². The summed E-state index contributed by atoms with van der Waals surface area (Å²) < 4.78 is 16.9. The van der Waals surface area contributed by atoms with Crippen molar-refractivity contribution in [2.24, 2.45) is 0 Å². The molecule has 0 fully saturated rings. The summed E-state index contributed by atoms with van der Waals surface area (Å²) in [5.41, 5.74) is 0. The van der Waals surface area contributed by atoms with Gasteiger partial charge in [0.05, 0.1) is 0 Å². The van der Waals surface area contributed by atoms with Gasteiger partial charge >= 0.3 is 17.9 Å². The van der Waals surface area contributed by atoms with Gasteiger partial charge in [0.2, 0.25) is 0 Å². The maximum absolute atomic E-state index is 12.8. The Kier molecular flexibility index (Phi) is 63.6. The van der Waals surface area contributed by atoms with Crippen LogP contribution in [-0.4, -0.2) is 37.2 Å². The van der Waals surface area contributed by atoms with Crippen LogP contribution in [0.3, 0.4) is 0 Å². The van der Waals surface area contributed by atoms with Crippen molar-refractivity contribution in [3.63, 3.8) is 0 Å². The average molecular weight is 1060 g/mol. The largest absolute Gasteiger partial charge is 0.462 e. The first kappa shape index (κ1) is 73.4. The summed E-state index contributed by atoms with van der Waals surface area (Å²) in [6.07, 6.45) is 76.1. The van der Waals surface area contributed by atoms with E-state index in [4.69, 9.17) is 14.2 Å². The monoisotopic (exact) mass is 1060 g/mol. The van der Waals surface area contributed by atoms with Gasteiger partial charge in [-0.2, -0.15) is 0 Å². The summed E-state index contributed by atoms with van der Waals surface area (Å²) in [4.78, 5) is 38.1. The first-order chi connectivity index (χ1) is 37.0. The fourth-order valence-corrected chi connectivity index (χ4v) is 10.9. The molecular weight excluding hydrogens is 925 g/mol. The second-order valence-electron chi connectivity index (χ2n) is 23.8. The highest BCUT2D eigenvalue weighted by atomic mass is 16.6. The van der Waals surface area contributed by atoms with Crippen LogP contribution in [0.1, 0.15) is 406 Å². The lowest BCUT2D eigenvalue weighted by atomic mass is 10.0. The molecule has 0 aromatic heterocycles. The first-order valence-electron chi connectivity index (χ1n) is 34.5. The van der Waals surface area contributed by atoms with E-state index >= 15 is 0 Å². The number of hydrogen-bond donors (Lipinski definition) is 0. The number of carbonyl (C=O) groups excluding carboxylic acids is 3. The highest BCUT2D eigenvalue weighted by Gasteiger charge is 2.19. The van der Waals surface area contributed by atoms with Gasteiger partial charge in [0.15, 0.2) is 6.10 Å². The number of unbranched alkanes of at least 4 members (excludes halogenated alkanes) is 54. The summed E-state index contributed by atoms with van der Waals surface area (Å²) in [6.45, 7) is 6.68. The standard InChI is InChI=1S/C69H134O6/c1-4-7-10-13-16-18-20-22-24-26-27-28-29-30-31-32-33-34-35-36-37-38-39-40-41-43-44-46-48-50-53-56-59-62-68(71)74-65-66(64-73-67(70)61-58-55-52-15-12-9-6-3)75-69(72)63-60-57-54-51-49-47-45-42-25-23-21-19-17-14-11-8-5-2/h66H,4-65H2,1-3H3. The van der Waals surface area contributed by atoms with Crippen LogP contribution in [-0.2, 0) is 28.6 Å². The van der Waals surface area contributed by atoms with E-state index in [1.807, 2.05) is 0 Å². The van der Waals surface area contributed by atoms with Gasteiger partial charge in [-0.1, -0.05) is 367 Å². The van der Waals surface area contributed by atoms with Gasteiger partial charge in [-0.05, 0) is 19.3 Å². The number of esters is 3. The van der Waals surface area contributed by atoms with Crippen molar-refractivity contribution in [1.82, 2.24) is 0 Å². The van der Waals surface area contributed by atoms with Crippen molar-refractivity contribution >= 4 is 17.9 Å². The minimum absolute atomic E-state index is 0.0615. The lowest BCUT2D eigenvalue weighted by Crippen LogP contribution is -2.30. The molecule has 1 unspecified atom stereocenters. The lowest BCUT2D eigenvalue weighted by Gasteiger charge is -2.18. The van der Waals surface area contributed by atoms with Crippen LogP contribution in [0, 0.1) is 0 Å². The van der Waals surface area contributed by atoms with Crippen LogP contribution in [0.2, 0.25) is 0 Å². The van der Waals surface area contributed by atoms with E-state index < -0.39 is 6.10 Å². The molecule has 0 aromatic carbocycles. The zero-order valence-electron chi connectivity index (χ0n) is 51.4. The number of rotatable bonds is 65. The highest BCUT2D eigenvalue weighted by molar-refractivity contribution is 5.71. The Bertz CT molecular complexity index is 1120. The lowest BCUT2D eigenvalue weighted by molar-refractivity contribution is -0.167. The van der Waals surface area contributed by atoms with Crippen molar-refractivity contribution in [3.8, 4) is 0 Å². The Morgan fingerprint density at radius 2 is 0.360 bits per heavy atom. The van der Waals surface area contributed by atoms with Gasteiger partial charge < -0.3 is 14.2 Å². The van der Waals surface area contributed by atoms with Crippen molar-refractivity contribution in [1.29, 1.82) is 0 Å². The Labute approximate surface area is 469 Å². The summed E-state index contributed by atoms with van der Waals surface area (Å²) in [5, 5.41) is 0. The molecule has 0 aliphatic rings. The predicted octanol–water partition coefficient (Wildman–Crippen LogP) is 23.5. The molecule has 6 heteroatoms. The van der Waals surface area contributed by atoms with Gasteiger partial charge in [0, 0.05) is 19.3 Å². The van der Waals surface area contributed by atoms with E-state index in [1.165, 1.54) is 308 Å². The molecule has 0 rings (SSSR count). The first-order valence-corrected chi connectivity index (χ1v) is 34.5. The minimum atomic E-state index is -0.761. The number of hydrogen-bond acceptors (Lipinski definition) is 6. The molecule has 0 radical (unpaired) electrons. The van der Waals surface area contributed by atoms with E-state index in [9.17, 15) is 14.4 Å². The van der Waals surface area contributed by atoms with Gasteiger partial charge in [0.25, 0.3) is 0 Å². The van der Waals surface area contributed by atoms with E-state index in [1.54, 1.807) is 0 Å². The fourth-order valence-electron chi connectivity index (χ4n) is 10.9. The third-order valence-corrected chi connectivity index (χ3v) is 16.1. The molecule has 6 nitrogen and oxygen atoms in total. The van der Waals surface area contributed by atoms with Gasteiger partial charge in [-0.15, -0.1) is 0 Å². The van der Waals surface area contributed by atoms with E-state index in [-0.39, 0.29) is 31.1 Å². The number of carbonyl (C=O) groups is 3. The smallest absolute Gasteiger partial charge is 0.306 e. The molecule has 0 saturated heterocycles. The second kappa shape index (κ2) is 64.9. The van der Waals surface area contributed by atoms with E-state index in [2.05, 4.69) is 20.8 Å². The molecule has 0 aliphatic carbocycles. The molecule has 446 valence electrons. The molecule has 0 amide bonds. The molecule has 0 spiro atoms. The fraction of sp³-hybridized carbons (Fsp3) is 0.957. The van der Waals surface area contributed by atoms with E-state index in [0.717, 1.165) is 57.8 Å². The van der Waals surface area contributed by atoms with Gasteiger partial charge in [-0.25, -0.2) is 0 Å². The Morgan fingerprint density at radius 1 is 0.213 bits per heavy atom. The third-order valence-electron chi connectivity index (χ3n) is 16.1. The molecule has 75 heavy (non-hydrogen) atoms. The topological polar surface area (TPSA) is 78.9 Å². The summed E-state index contributed by atoms with van der Waals surface area (Å²) >= 11 is 0. The van der Waals surface area contributed by atoms with Crippen molar-refractivity contribution in [2.45, 2.75) is 412 Å². The molecule has 0 N–H and O–H groups in total. The van der Waals surface area contributed by atoms with Crippen LogP contribution < -0.4 is 0 Å². The van der Waals surface area contributed by atoms with E-state index in [0.29, 0.717) is 19.3 Å². The quantitative estimate of drug-likeness (QED) is 0.0343. The molecule has 0 saturated carbocycles. The maximum atomic E-state index is 12.8. The summed E-state index contributed by atoms with van der Waals surface area (Å²) in [7, 11) is 0. The van der Waals surface area contributed by atoms with Crippen molar-refractivity contribution < 1.29 is 28.6 Å². The molecular formula is C69H134O6. The second-order valence-corrected chi connectivity index (χ2v) is 23.8. The van der Waals surface area contributed by atoms with Crippen molar-refractivity contribution in [3.05, 3.63) is 0 Å². The maximum Gasteiger partial charge on any atom is 0.306 e. The van der Waals surface area contributed by atoms with Crippen LogP contribution in [0.5, 0.6) is 0 Å². The predicted molar refractivity (Wildman–Crippen MR) is 326 cm³/mol. The zero-order valence-corrected chi connectivity index (χ0v) is 51.4. The third kappa shape index (κ3) is 63.1.